The fourth-order valence-corrected chi connectivity index (χ4v) is 4.21. The zero-order valence-electron chi connectivity index (χ0n) is 18.5. The first-order valence-electron chi connectivity index (χ1n) is 11.2. The molecule has 1 aliphatic heterocycles. The third-order valence-electron chi connectivity index (χ3n) is 5.98. The third kappa shape index (κ3) is 5.13. The summed E-state index contributed by atoms with van der Waals surface area (Å²) in [5.74, 6) is 0.941. The standard InChI is InChI=1S/C25H31N5O/c1-19-24(20(2)30(28-19)18-21-10-6-5-7-11-21)25(31)27-17-22-12-13-23(26-16-22)29-14-8-3-4-9-15-29/h5-7,10-13,16H,3-4,8-9,14-15,17-18H2,1-2H3,(H,27,31). The van der Waals surface area contributed by atoms with Gasteiger partial charge in [-0.1, -0.05) is 49.2 Å². The number of amides is 1. The van der Waals surface area contributed by atoms with Gasteiger partial charge in [-0.3, -0.25) is 9.48 Å². The first-order valence-corrected chi connectivity index (χ1v) is 11.2. The lowest BCUT2D eigenvalue weighted by Crippen LogP contribution is -2.26. The normalized spacial score (nSPS) is 14.3. The Hall–Kier alpha value is -3.15. The highest BCUT2D eigenvalue weighted by Gasteiger charge is 2.19. The van der Waals surface area contributed by atoms with E-state index >= 15 is 0 Å². The molecule has 6 nitrogen and oxygen atoms in total. The molecule has 2 aromatic heterocycles. The number of aryl methyl sites for hydroxylation is 1. The number of benzene rings is 1. The van der Waals surface area contributed by atoms with Crippen LogP contribution in [-0.2, 0) is 13.1 Å². The monoisotopic (exact) mass is 417 g/mol. The van der Waals surface area contributed by atoms with E-state index in [1.807, 2.05) is 42.9 Å². The molecular formula is C25H31N5O. The van der Waals surface area contributed by atoms with Crippen molar-refractivity contribution >= 4 is 11.7 Å². The van der Waals surface area contributed by atoms with Crippen LogP contribution in [0.2, 0.25) is 0 Å². The molecule has 1 aromatic carbocycles. The quantitative estimate of drug-likeness (QED) is 0.651. The smallest absolute Gasteiger partial charge is 0.255 e. The van der Waals surface area contributed by atoms with Crippen LogP contribution in [0.15, 0.2) is 48.7 Å². The van der Waals surface area contributed by atoms with Crippen LogP contribution >= 0.6 is 0 Å². The summed E-state index contributed by atoms with van der Waals surface area (Å²) in [5, 5.41) is 7.63. The number of pyridine rings is 1. The van der Waals surface area contributed by atoms with E-state index in [0.29, 0.717) is 18.7 Å². The SMILES string of the molecule is Cc1nn(Cc2ccccc2)c(C)c1C(=O)NCc1ccc(N2CCCCCC2)nc1. The third-order valence-corrected chi connectivity index (χ3v) is 5.98. The Balaban J connectivity index is 1.38. The average molecular weight is 418 g/mol. The topological polar surface area (TPSA) is 63.1 Å². The molecule has 162 valence electrons. The maximum atomic E-state index is 12.9. The van der Waals surface area contributed by atoms with Crippen molar-refractivity contribution in [1.29, 1.82) is 0 Å². The molecule has 31 heavy (non-hydrogen) atoms. The first kappa shape index (κ1) is 21.1. The van der Waals surface area contributed by atoms with Crippen LogP contribution < -0.4 is 10.2 Å². The number of anilines is 1. The minimum atomic E-state index is -0.0918. The lowest BCUT2D eigenvalue weighted by Gasteiger charge is -2.21. The molecule has 0 saturated carbocycles. The average Bonchev–Trinajstić information content (AvgIpc) is 2.96. The highest BCUT2D eigenvalue weighted by atomic mass is 16.1. The van der Waals surface area contributed by atoms with Crippen molar-refractivity contribution in [2.45, 2.75) is 52.6 Å². The van der Waals surface area contributed by atoms with Gasteiger partial charge in [0, 0.05) is 31.5 Å². The van der Waals surface area contributed by atoms with Crippen molar-refractivity contribution in [2.75, 3.05) is 18.0 Å². The Bertz CT molecular complexity index is 1000. The Labute approximate surface area is 184 Å². The maximum absolute atomic E-state index is 12.9. The Morgan fingerprint density at radius 3 is 2.39 bits per heavy atom. The second-order valence-electron chi connectivity index (χ2n) is 8.30. The van der Waals surface area contributed by atoms with Gasteiger partial charge in [0.05, 0.1) is 17.8 Å². The van der Waals surface area contributed by atoms with E-state index in [-0.39, 0.29) is 5.91 Å². The maximum Gasteiger partial charge on any atom is 0.255 e. The van der Waals surface area contributed by atoms with Gasteiger partial charge in [0.25, 0.3) is 5.91 Å². The molecule has 0 spiro atoms. The highest BCUT2D eigenvalue weighted by molar-refractivity contribution is 5.96. The van der Waals surface area contributed by atoms with E-state index in [2.05, 4.69) is 44.6 Å². The summed E-state index contributed by atoms with van der Waals surface area (Å²) in [6, 6.07) is 14.3. The molecule has 0 atom stereocenters. The van der Waals surface area contributed by atoms with Crippen molar-refractivity contribution in [3.63, 3.8) is 0 Å². The van der Waals surface area contributed by atoms with E-state index in [9.17, 15) is 4.79 Å². The van der Waals surface area contributed by atoms with Crippen LogP contribution in [0.3, 0.4) is 0 Å². The van der Waals surface area contributed by atoms with Gasteiger partial charge < -0.3 is 10.2 Å². The fraction of sp³-hybridized carbons (Fsp3) is 0.400. The number of nitrogens with one attached hydrogen (secondary N) is 1. The van der Waals surface area contributed by atoms with Gasteiger partial charge in [-0.05, 0) is 43.9 Å². The summed E-state index contributed by atoms with van der Waals surface area (Å²) in [4.78, 5) is 19.9. The summed E-state index contributed by atoms with van der Waals surface area (Å²) in [6.45, 7) is 7.11. The van der Waals surface area contributed by atoms with Crippen LogP contribution in [0, 0.1) is 13.8 Å². The Morgan fingerprint density at radius 1 is 0.968 bits per heavy atom. The molecule has 3 heterocycles. The summed E-state index contributed by atoms with van der Waals surface area (Å²) < 4.78 is 1.90. The number of nitrogens with zero attached hydrogens (tertiary/aromatic N) is 4. The van der Waals surface area contributed by atoms with E-state index in [1.165, 1.54) is 25.7 Å². The van der Waals surface area contributed by atoms with Gasteiger partial charge in [-0.2, -0.15) is 5.10 Å². The van der Waals surface area contributed by atoms with Gasteiger partial charge in [-0.25, -0.2) is 4.98 Å². The zero-order chi connectivity index (χ0) is 21.6. The molecule has 0 aliphatic carbocycles. The van der Waals surface area contributed by atoms with Gasteiger partial charge in [0.15, 0.2) is 0 Å². The molecule has 4 rings (SSSR count). The van der Waals surface area contributed by atoms with Crippen LogP contribution in [0.1, 0.15) is 58.6 Å². The fourth-order valence-electron chi connectivity index (χ4n) is 4.21. The van der Waals surface area contributed by atoms with Crippen LogP contribution in [0.5, 0.6) is 0 Å². The van der Waals surface area contributed by atoms with Crippen molar-refractivity contribution in [3.8, 4) is 0 Å². The summed E-state index contributed by atoms with van der Waals surface area (Å²) in [7, 11) is 0. The molecule has 1 amide bonds. The van der Waals surface area contributed by atoms with E-state index in [0.717, 1.165) is 41.4 Å². The Morgan fingerprint density at radius 2 is 1.71 bits per heavy atom. The molecule has 0 unspecified atom stereocenters. The van der Waals surface area contributed by atoms with Crippen LogP contribution in [0.4, 0.5) is 5.82 Å². The number of hydrogen-bond donors (Lipinski definition) is 1. The minimum Gasteiger partial charge on any atom is -0.357 e. The van der Waals surface area contributed by atoms with Gasteiger partial charge in [-0.15, -0.1) is 0 Å². The number of carbonyl (C=O) groups excluding carboxylic acids is 1. The minimum absolute atomic E-state index is 0.0918. The molecule has 1 N–H and O–H groups in total. The van der Waals surface area contributed by atoms with Crippen molar-refractivity contribution in [3.05, 3.63) is 76.7 Å². The van der Waals surface area contributed by atoms with Crippen molar-refractivity contribution in [2.24, 2.45) is 0 Å². The lowest BCUT2D eigenvalue weighted by atomic mass is 10.1. The molecule has 1 saturated heterocycles. The van der Waals surface area contributed by atoms with E-state index in [4.69, 9.17) is 0 Å². The second-order valence-corrected chi connectivity index (χ2v) is 8.30. The number of hydrogen-bond acceptors (Lipinski definition) is 4. The predicted molar refractivity (Wildman–Crippen MR) is 123 cm³/mol. The zero-order valence-corrected chi connectivity index (χ0v) is 18.5. The molecule has 0 radical (unpaired) electrons. The molecule has 0 bridgehead atoms. The van der Waals surface area contributed by atoms with Crippen molar-refractivity contribution in [1.82, 2.24) is 20.1 Å². The molecule has 3 aromatic rings. The second kappa shape index (κ2) is 9.77. The summed E-state index contributed by atoms with van der Waals surface area (Å²) >= 11 is 0. The molecule has 6 heteroatoms. The predicted octanol–water partition coefficient (Wildman–Crippen LogP) is 4.25. The molecule has 1 fully saturated rings. The number of rotatable bonds is 6. The summed E-state index contributed by atoms with van der Waals surface area (Å²) in [5.41, 5.74) is 4.45. The molecular weight excluding hydrogens is 386 g/mol. The van der Waals surface area contributed by atoms with Crippen molar-refractivity contribution < 1.29 is 4.79 Å². The van der Waals surface area contributed by atoms with Crippen LogP contribution in [0.25, 0.3) is 0 Å². The largest absolute Gasteiger partial charge is 0.357 e. The number of aromatic nitrogens is 3. The number of carbonyl (C=O) groups is 1. The lowest BCUT2D eigenvalue weighted by molar-refractivity contribution is 0.0949. The van der Waals surface area contributed by atoms with Gasteiger partial charge >= 0.3 is 0 Å². The van der Waals surface area contributed by atoms with E-state index in [1.54, 1.807) is 0 Å². The van der Waals surface area contributed by atoms with Gasteiger partial charge in [0.1, 0.15) is 5.82 Å². The summed E-state index contributed by atoms with van der Waals surface area (Å²) in [6.07, 6.45) is 6.95. The van der Waals surface area contributed by atoms with Crippen LogP contribution in [-0.4, -0.2) is 33.8 Å². The molecule has 1 aliphatic rings. The Kier molecular flexibility index (Phi) is 6.65. The highest BCUT2D eigenvalue weighted by Crippen LogP contribution is 2.18. The van der Waals surface area contributed by atoms with E-state index < -0.39 is 0 Å². The first-order chi connectivity index (χ1) is 15.1. The van der Waals surface area contributed by atoms with Gasteiger partial charge in [0.2, 0.25) is 0 Å².